The number of hydrogen-bond acceptors (Lipinski definition) is 5. The molecule has 40 heavy (non-hydrogen) atoms. The Labute approximate surface area is 232 Å². The van der Waals surface area contributed by atoms with Crippen molar-refractivity contribution in [2.45, 2.75) is 38.9 Å². The average molecular weight is 538 g/mol. The highest BCUT2D eigenvalue weighted by atomic mass is 16.5. The summed E-state index contributed by atoms with van der Waals surface area (Å²) in [6.45, 7) is 4.07. The summed E-state index contributed by atoms with van der Waals surface area (Å²) in [5, 5.41) is 10.8. The lowest BCUT2D eigenvalue weighted by atomic mass is 9.99. The van der Waals surface area contributed by atoms with Gasteiger partial charge in [-0.25, -0.2) is 4.79 Å². The molecule has 2 N–H and O–H groups in total. The number of amides is 4. The number of carbonyl (C=O) groups is 3. The van der Waals surface area contributed by atoms with Crippen LogP contribution in [0.5, 0.6) is 5.75 Å². The molecule has 0 radical (unpaired) electrons. The van der Waals surface area contributed by atoms with Gasteiger partial charge in [-0.05, 0) is 72.2 Å². The van der Waals surface area contributed by atoms with Crippen molar-refractivity contribution >= 4 is 29.3 Å². The quantitative estimate of drug-likeness (QED) is 0.286. The first kappa shape index (κ1) is 25.6. The minimum absolute atomic E-state index is 0.119. The van der Waals surface area contributed by atoms with Crippen molar-refractivity contribution in [2.75, 3.05) is 13.2 Å². The molecule has 0 saturated heterocycles. The molecule has 0 bridgehead atoms. The number of nitrogens with zero attached hydrogens (tertiary/aromatic N) is 3. The number of ether oxygens (including phenoxy) is 1. The zero-order valence-corrected chi connectivity index (χ0v) is 22.3. The number of carbonyl (C=O) groups excluding carboxylic acids is 3. The molecule has 1 saturated carbocycles. The molecule has 9 nitrogen and oxygen atoms in total. The Hall–Kier alpha value is -4.66. The topological polar surface area (TPSA) is 106 Å². The first-order valence-corrected chi connectivity index (χ1v) is 13.6. The third kappa shape index (κ3) is 5.40. The number of hydrogen-bond donors (Lipinski definition) is 2. The molecule has 1 aliphatic carbocycles. The Morgan fingerprint density at radius 2 is 1.90 bits per heavy atom. The highest BCUT2D eigenvalue weighted by molar-refractivity contribution is 5.98. The number of benzene rings is 3. The fourth-order valence-corrected chi connectivity index (χ4v) is 5.28. The average Bonchev–Trinajstić information content (AvgIpc) is 3.59. The van der Waals surface area contributed by atoms with Crippen molar-refractivity contribution in [1.82, 2.24) is 25.3 Å². The Kier molecular flexibility index (Phi) is 6.94. The van der Waals surface area contributed by atoms with Gasteiger partial charge in [-0.15, -0.1) is 0 Å². The zero-order chi connectivity index (χ0) is 27.6. The number of rotatable bonds is 10. The van der Waals surface area contributed by atoms with Gasteiger partial charge in [0.1, 0.15) is 5.75 Å². The summed E-state index contributed by atoms with van der Waals surface area (Å²) < 4.78 is 7.61. The Morgan fingerprint density at radius 1 is 1.10 bits per heavy atom. The summed E-state index contributed by atoms with van der Waals surface area (Å²) in [7, 11) is 0. The minimum Gasteiger partial charge on any atom is -0.494 e. The van der Waals surface area contributed by atoms with Crippen LogP contribution in [0.3, 0.4) is 0 Å². The van der Waals surface area contributed by atoms with Crippen LogP contribution in [0.25, 0.3) is 22.0 Å². The van der Waals surface area contributed by atoms with Gasteiger partial charge in [0.05, 0.1) is 18.2 Å². The Balaban J connectivity index is 1.21. The largest absolute Gasteiger partial charge is 0.494 e. The smallest absolute Gasteiger partial charge is 0.321 e. The molecule has 1 fully saturated rings. The van der Waals surface area contributed by atoms with Gasteiger partial charge in [0, 0.05) is 36.8 Å². The van der Waals surface area contributed by atoms with E-state index in [4.69, 9.17) is 9.84 Å². The zero-order valence-electron chi connectivity index (χ0n) is 22.3. The van der Waals surface area contributed by atoms with Gasteiger partial charge in [-0.3, -0.25) is 19.6 Å². The van der Waals surface area contributed by atoms with Crippen LogP contribution < -0.4 is 15.4 Å². The van der Waals surface area contributed by atoms with Gasteiger partial charge in [0.2, 0.25) is 6.41 Å². The van der Waals surface area contributed by atoms with E-state index >= 15 is 0 Å². The van der Waals surface area contributed by atoms with Crippen molar-refractivity contribution in [3.63, 3.8) is 0 Å². The van der Waals surface area contributed by atoms with Crippen LogP contribution in [0, 0.1) is 5.92 Å². The predicted molar refractivity (Wildman–Crippen MR) is 151 cm³/mol. The van der Waals surface area contributed by atoms with E-state index in [-0.39, 0.29) is 12.5 Å². The molecular weight excluding hydrogens is 506 g/mol. The fourth-order valence-electron chi connectivity index (χ4n) is 5.28. The molecule has 4 aromatic rings. The normalized spacial score (nSPS) is 15.1. The molecule has 0 unspecified atom stereocenters. The molecule has 2 heterocycles. The van der Waals surface area contributed by atoms with Gasteiger partial charge in [0.25, 0.3) is 5.91 Å². The summed E-state index contributed by atoms with van der Waals surface area (Å²) in [6.07, 6.45) is 5.02. The SMILES string of the molecule is CCOc1ccc2c(c1)C(=O)N(C[C@H](NC(=O)NC=O)c1ccc(-c3ccc4nn(CC5CC5)cc4c3)cc1)C2. The number of aromatic nitrogens is 2. The number of imide groups is 1. The lowest BCUT2D eigenvalue weighted by Gasteiger charge is -2.25. The van der Waals surface area contributed by atoms with Crippen LogP contribution in [-0.4, -0.2) is 46.2 Å². The number of fused-ring (bicyclic) bond motifs is 2. The summed E-state index contributed by atoms with van der Waals surface area (Å²) in [5.41, 5.74) is 5.43. The van der Waals surface area contributed by atoms with Gasteiger partial charge >= 0.3 is 6.03 Å². The van der Waals surface area contributed by atoms with E-state index in [1.807, 2.05) is 54.1 Å². The van der Waals surface area contributed by atoms with Crippen molar-refractivity contribution in [1.29, 1.82) is 0 Å². The summed E-state index contributed by atoms with van der Waals surface area (Å²) in [5.74, 6) is 1.29. The molecule has 1 atom stereocenters. The maximum Gasteiger partial charge on any atom is 0.321 e. The maximum absolute atomic E-state index is 13.2. The Bertz CT molecular complexity index is 1570. The molecule has 1 aromatic heterocycles. The van der Waals surface area contributed by atoms with Crippen molar-refractivity contribution in [2.24, 2.45) is 5.92 Å². The molecule has 1 aliphatic heterocycles. The van der Waals surface area contributed by atoms with Crippen LogP contribution in [0.1, 0.15) is 47.3 Å². The van der Waals surface area contributed by atoms with Gasteiger partial charge in [-0.2, -0.15) is 5.10 Å². The molecule has 6 rings (SSSR count). The second kappa shape index (κ2) is 10.8. The second-order valence-electron chi connectivity index (χ2n) is 10.4. The number of urea groups is 1. The van der Waals surface area contributed by atoms with Crippen molar-refractivity contribution in [3.05, 3.63) is 83.6 Å². The summed E-state index contributed by atoms with van der Waals surface area (Å²) >= 11 is 0. The maximum atomic E-state index is 13.2. The van der Waals surface area contributed by atoms with E-state index in [1.165, 1.54) is 12.8 Å². The first-order chi connectivity index (χ1) is 19.5. The Morgan fingerprint density at radius 3 is 2.65 bits per heavy atom. The van der Waals surface area contributed by atoms with E-state index in [0.29, 0.717) is 30.9 Å². The van der Waals surface area contributed by atoms with Crippen LogP contribution in [-0.2, 0) is 17.9 Å². The molecule has 0 spiro atoms. The molecule has 3 aromatic carbocycles. The third-order valence-electron chi connectivity index (χ3n) is 7.51. The highest BCUT2D eigenvalue weighted by Gasteiger charge is 2.30. The predicted octanol–water partition coefficient (Wildman–Crippen LogP) is 4.66. The van der Waals surface area contributed by atoms with Crippen molar-refractivity contribution < 1.29 is 19.1 Å². The lowest BCUT2D eigenvalue weighted by Crippen LogP contribution is -2.42. The third-order valence-corrected chi connectivity index (χ3v) is 7.51. The van der Waals surface area contributed by atoms with Crippen LogP contribution in [0.4, 0.5) is 4.79 Å². The standard InChI is InChI=1S/C31H31N5O4/c1-2-40-26-11-9-24-16-35(30(38)27(24)14-26)18-29(33-31(39)32-19-37)22-7-5-21(6-8-22)23-10-12-28-25(13-23)17-36(34-28)15-20-3-4-20/h5-14,17,19-20,29H,2-4,15-16,18H2,1H3,(H2,32,33,37,39)/t29-/m0/s1. The van der Waals surface area contributed by atoms with Crippen molar-refractivity contribution in [3.8, 4) is 16.9 Å². The van der Waals surface area contributed by atoms with Crippen LogP contribution in [0.15, 0.2) is 66.9 Å². The van der Waals surface area contributed by atoms with E-state index in [2.05, 4.69) is 29.0 Å². The number of nitrogens with one attached hydrogen (secondary N) is 2. The van der Waals surface area contributed by atoms with Crippen LogP contribution in [0.2, 0.25) is 0 Å². The monoisotopic (exact) mass is 537 g/mol. The lowest BCUT2D eigenvalue weighted by molar-refractivity contribution is -0.108. The van der Waals surface area contributed by atoms with Gasteiger partial charge in [-0.1, -0.05) is 36.4 Å². The second-order valence-corrected chi connectivity index (χ2v) is 10.4. The molecule has 9 heteroatoms. The van der Waals surface area contributed by atoms with E-state index in [1.54, 1.807) is 11.0 Å². The highest BCUT2D eigenvalue weighted by Crippen LogP contribution is 2.32. The van der Waals surface area contributed by atoms with Gasteiger partial charge < -0.3 is 15.0 Å². The first-order valence-electron chi connectivity index (χ1n) is 13.6. The van der Waals surface area contributed by atoms with Crippen LogP contribution >= 0.6 is 0 Å². The summed E-state index contributed by atoms with van der Waals surface area (Å²) in [6, 6.07) is 18.5. The fraction of sp³-hybridized carbons (Fsp3) is 0.290. The molecule has 2 aliphatic rings. The molecular formula is C31H31N5O4. The minimum atomic E-state index is -0.625. The summed E-state index contributed by atoms with van der Waals surface area (Å²) in [4.78, 5) is 38.1. The van der Waals surface area contributed by atoms with E-state index in [0.717, 1.165) is 45.6 Å². The van der Waals surface area contributed by atoms with E-state index < -0.39 is 12.1 Å². The van der Waals surface area contributed by atoms with Gasteiger partial charge in [0.15, 0.2) is 0 Å². The molecule has 4 amide bonds. The van der Waals surface area contributed by atoms with E-state index in [9.17, 15) is 14.4 Å². The molecule has 204 valence electrons.